The minimum atomic E-state index is -0.703. The number of carbonyl (C=O) groups excluding carboxylic acids is 2. The third-order valence-electron chi connectivity index (χ3n) is 3.67. The Balaban J connectivity index is 1.73. The molecule has 1 atom stereocenters. The zero-order valence-electron chi connectivity index (χ0n) is 13.4. The number of likely N-dealkylation sites (N-methyl/N-ethyl adjacent to an activating group) is 1. The van der Waals surface area contributed by atoms with Gasteiger partial charge in [-0.3, -0.25) is 15.0 Å². The highest BCUT2D eigenvalue weighted by molar-refractivity contribution is 6.34. The molecule has 0 saturated heterocycles. The largest absolute Gasteiger partial charge is 0.497 e. The Morgan fingerprint density at radius 3 is 2.57 bits per heavy atom. The van der Waals surface area contributed by atoms with Crippen LogP contribution in [0, 0.1) is 0 Å². The van der Waals surface area contributed by atoms with Gasteiger partial charge in [0, 0.05) is 18.7 Å². The average Bonchev–Trinajstić information content (AvgIpc) is 2.59. The van der Waals surface area contributed by atoms with Crippen molar-refractivity contribution in [2.45, 2.75) is 13.0 Å². The van der Waals surface area contributed by atoms with Crippen molar-refractivity contribution in [3.8, 4) is 5.75 Å². The lowest BCUT2D eigenvalue weighted by Gasteiger charge is -2.20. The van der Waals surface area contributed by atoms with Crippen LogP contribution in [0.15, 0.2) is 36.0 Å². The number of methoxy groups -OCH3 is 1. The number of nitrogens with one attached hydrogen (secondary N) is 4. The fraction of sp³-hybridized carbons (Fsp3) is 0.375. The molecule has 0 bridgehead atoms. The molecule has 23 heavy (non-hydrogen) atoms. The van der Waals surface area contributed by atoms with Crippen molar-refractivity contribution in [2.75, 3.05) is 27.2 Å². The average molecular weight is 319 g/mol. The highest BCUT2D eigenvalue weighted by Crippen LogP contribution is 2.10. The van der Waals surface area contributed by atoms with Gasteiger partial charge in [-0.1, -0.05) is 12.1 Å². The molecule has 0 radical (unpaired) electrons. The Morgan fingerprint density at radius 2 is 1.96 bits per heavy atom. The number of benzene rings is 1. The van der Waals surface area contributed by atoms with E-state index in [-0.39, 0.29) is 6.54 Å². The summed E-state index contributed by atoms with van der Waals surface area (Å²) >= 11 is 0. The molecule has 2 rings (SSSR count). The fourth-order valence-corrected chi connectivity index (χ4v) is 2.16. The number of carbonyl (C=O) groups is 2. The zero-order valence-corrected chi connectivity index (χ0v) is 13.4. The molecule has 0 saturated carbocycles. The van der Waals surface area contributed by atoms with Crippen molar-refractivity contribution in [1.29, 1.82) is 0 Å². The molecule has 0 aliphatic carbocycles. The van der Waals surface area contributed by atoms with E-state index in [9.17, 15) is 9.59 Å². The van der Waals surface area contributed by atoms with Gasteiger partial charge in [-0.25, -0.2) is 0 Å². The maximum Gasteiger partial charge on any atom is 0.327 e. The van der Waals surface area contributed by atoms with Gasteiger partial charge < -0.3 is 20.4 Å². The number of hydrogen-bond donors (Lipinski definition) is 4. The highest BCUT2D eigenvalue weighted by Gasteiger charge is 2.15. The normalized spacial score (nSPS) is 17.0. The Kier molecular flexibility index (Phi) is 5.99. The van der Waals surface area contributed by atoms with Crippen LogP contribution in [0.4, 0.5) is 0 Å². The van der Waals surface area contributed by atoms with Crippen molar-refractivity contribution < 1.29 is 19.2 Å². The van der Waals surface area contributed by atoms with Crippen molar-refractivity contribution in [3.05, 3.63) is 41.6 Å². The maximum absolute atomic E-state index is 11.8. The number of quaternary nitrogens is 1. The second-order valence-electron chi connectivity index (χ2n) is 5.50. The monoisotopic (exact) mass is 319 g/mol. The minimum Gasteiger partial charge on any atom is -0.497 e. The first-order valence-corrected chi connectivity index (χ1v) is 7.56. The van der Waals surface area contributed by atoms with Crippen molar-refractivity contribution in [2.24, 2.45) is 0 Å². The van der Waals surface area contributed by atoms with Gasteiger partial charge in [-0.15, -0.1) is 0 Å². The molecule has 1 aromatic carbocycles. The molecule has 4 N–H and O–H groups in total. The number of hydrogen-bond acceptors (Lipinski definition) is 4. The van der Waals surface area contributed by atoms with Crippen LogP contribution in [0.25, 0.3) is 0 Å². The molecule has 0 aromatic heterocycles. The lowest BCUT2D eigenvalue weighted by molar-refractivity contribution is -0.875. The third-order valence-corrected chi connectivity index (χ3v) is 3.67. The second-order valence-corrected chi connectivity index (χ2v) is 5.50. The molecule has 1 aromatic rings. The molecule has 1 aliphatic heterocycles. The van der Waals surface area contributed by atoms with Crippen LogP contribution in [0.3, 0.4) is 0 Å². The molecule has 0 fully saturated rings. The molecular weight excluding hydrogens is 296 g/mol. The van der Waals surface area contributed by atoms with Gasteiger partial charge in [-0.2, -0.15) is 0 Å². The summed E-state index contributed by atoms with van der Waals surface area (Å²) in [5.41, 5.74) is 7.06. The summed E-state index contributed by atoms with van der Waals surface area (Å²) < 4.78 is 5.06. The van der Waals surface area contributed by atoms with Crippen LogP contribution in [-0.2, 0) is 16.1 Å². The smallest absolute Gasteiger partial charge is 0.327 e. The Labute approximate surface area is 135 Å². The van der Waals surface area contributed by atoms with Gasteiger partial charge in [0.15, 0.2) is 0 Å². The SMILES string of the molecule is COc1ccc(CNC(=O)C(=O)NNC2=CC[NH+](C)CC2)cc1. The topological polar surface area (TPSA) is 83.9 Å². The van der Waals surface area contributed by atoms with Crippen LogP contribution >= 0.6 is 0 Å². The number of ether oxygens (including phenoxy) is 1. The van der Waals surface area contributed by atoms with E-state index in [0.717, 1.165) is 36.5 Å². The first kappa shape index (κ1) is 16.8. The number of hydrazine groups is 1. The molecule has 124 valence electrons. The standard InChI is InChI=1S/C16H22N4O3/c1-20-9-7-13(8-10-20)18-19-16(22)15(21)17-11-12-3-5-14(23-2)6-4-12/h3-7,18H,8-11H2,1-2H3,(H,17,21)(H,19,22)/p+1. The first-order valence-electron chi connectivity index (χ1n) is 7.56. The molecule has 2 amide bonds. The maximum atomic E-state index is 11.8. The van der Waals surface area contributed by atoms with E-state index in [1.807, 2.05) is 18.2 Å². The molecular formula is C16H23N4O3+. The van der Waals surface area contributed by atoms with E-state index >= 15 is 0 Å². The summed E-state index contributed by atoms with van der Waals surface area (Å²) in [6, 6.07) is 7.28. The Hall–Kier alpha value is -2.54. The summed E-state index contributed by atoms with van der Waals surface area (Å²) in [5.74, 6) is -0.631. The first-order chi connectivity index (χ1) is 11.1. The van der Waals surface area contributed by atoms with E-state index in [4.69, 9.17) is 4.74 Å². The summed E-state index contributed by atoms with van der Waals surface area (Å²) in [5, 5.41) is 2.58. The molecule has 0 spiro atoms. The highest BCUT2D eigenvalue weighted by atomic mass is 16.5. The van der Waals surface area contributed by atoms with E-state index in [2.05, 4.69) is 23.2 Å². The molecule has 1 unspecified atom stereocenters. The summed E-state index contributed by atoms with van der Waals surface area (Å²) in [7, 11) is 3.70. The molecule has 7 nitrogen and oxygen atoms in total. The van der Waals surface area contributed by atoms with Crippen LogP contribution in [0.1, 0.15) is 12.0 Å². The zero-order chi connectivity index (χ0) is 16.7. The lowest BCUT2D eigenvalue weighted by Crippen LogP contribution is -3.09. The summed E-state index contributed by atoms with van der Waals surface area (Å²) in [4.78, 5) is 24.9. The predicted octanol–water partition coefficient (Wildman–Crippen LogP) is -1.27. The van der Waals surface area contributed by atoms with Gasteiger partial charge in [0.05, 0.1) is 27.2 Å². The van der Waals surface area contributed by atoms with Crippen LogP contribution in [0.2, 0.25) is 0 Å². The van der Waals surface area contributed by atoms with Gasteiger partial charge in [0.2, 0.25) is 0 Å². The van der Waals surface area contributed by atoms with Crippen molar-refractivity contribution in [3.63, 3.8) is 0 Å². The third kappa shape index (κ3) is 5.30. The molecule has 7 heteroatoms. The van der Waals surface area contributed by atoms with E-state index in [1.54, 1.807) is 19.2 Å². The Bertz CT molecular complexity index is 583. The van der Waals surface area contributed by atoms with Crippen LogP contribution < -0.4 is 25.8 Å². The van der Waals surface area contributed by atoms with Crippen molar-refractivity contribution >= 4 is 11.8 Å². The van der Waals surface area contributed by atoms with Gasteiger partial charge in [0.25, 0.3) is 0 Å². The van der Waals surface area contributed by atoms with E-state index in [1.165, 1.54) is 4.90 Å². The van der Waals surface area contributed by atoms with Crippen molar-refractivity contribution in [1.82, 2.24) is 16.2 Å². The summed E-state index contributed by atoms with van der Waals surface area (Å²) in [6.45, 7) is 2.19. The molecule has 1 aliphatic rings. The van der Waals surface area contributed by atoms with Gasteiger partial charge in [0.1, 0.15) is 5.75 Å². The number of rotatable bonds is 5. The fourth-order valence-electron chi connectivity index (χ4n) is 2.16. The lowest BCUT2D eigenvalue weighted by atomic mass is 10.2. The quantitative estimate of drug-likeness (QED) is 0.403. The predicted molar refractivity (Wildman–Crippen MR) is 85.4 cm³/mol. The van der Waals surface area contributed by atoms with Crippen LogP contribution in [0.5, 0.6) is 5.75 Å². The number of amides is 2. The minimum absolute atomic E-state index is 0.285. The van der Waals surface area contributed by atoms with Gasteiger partial charge in [-0.05, 0) is 23.8 Å². The molecule has 1 heterocycles. The Morgan fingerprint density at radius 1 is 1.22 bits per heavy atom. The van der Waals surface area contributed by atoms with E-state index < -0.39 is 11.8 Å². The van der Waals surface area contributed by atoms with E-state index in [0.29, 0.717) is 0 Å². The van der Waals surface area contributed by atoms with Crippen LogP contribution in [-0.4, -0.2) is 39.1 Å². The summed E-state index contributed by atoms with van der Waals surface area (Å²) in [6.07, 6.45) is 2.87. The van der Waals surface area contributed by atoms with Gasteiger partial charge >= 0.3 is 11.8 Å². The second kappa shape index (κ2) is 8.19.